The van der Waals surface area contributed by atoms with E-state index in [0.717, 1.165) is 30.9 Å². The summed E-state index contributed by atoms with van der Waals surface area (Å²) < 4.78 is 39.2. The number of hydrogen-bond donors (Lipinski definition) is 0. The first-order valence-corrected chi connectivity index (χ1v) is 6.18. The van der Waals surface area contributed by atoms with Crippen LogP contribution in [0.4, 0.5) is 13.2 Å². The highest BCUT2D eigenvalue weighted by molar-refractivity contribution is 5.62. The lowest BCUT2D eigenvalue weighted by molar-refractivity contribution is -0.141. The summed E-state index contributed by atoms with van der Waals surface area (Å²) in [7, 11) is 1.54. The fraction of sp³-hybridized carbons (Fsp3) is 0.357. The Morgan fingerprint density at radius 3 is 2.53 bits per heavy atom. The molecule has 0 unspecified atom stereocenters. The average Bonchev–Trinajstić information content (AvgIpc) is 2.92. The standard InChI is InChI=1S/C14H13F3N2/c1-19-12(8-13(18-19)14(15,16)17)11-6-5-9-3-2-4-10(9)7-11/h5-8H,2-4H2,1H3. The molecule has 0 saturated heterocycles. The molecule has 0 saturated carbocycles. The Labute approximate surface area is 108 Å². The lowest BCUT2D eigenvalue weighted by Gasteiger charge is -2.05. The van der Waals surface area contributed by atoms with Crippen LogP contribution in [-0.2, 0) is 26.1 Å². The van der Waals surface area contributed by atoms with Crippen molar-refractivity contribution in [3.8, 4) is 11.3 Å². The SMILES string of the molecule is Cn1nc(C(F)(F)F)cc1-c1ccc2c(c1)CCC2. The van der Waals surface area contributed by atoms with Crippen LogP contribution in [0.3, 0.4) is 0 Å². The van der Waals surface area contributed by atoms with Crippen molar-refractivity contribution < 1.29 is 13.2 Å². The first-order chi connectivity index (χ1) is 8.95. The molecule has 0 radical (unpaired) electrons. The average molecular weight is 266 g/mol. The number of fused-ring (bicyclic) bond motifs is 1. The van der Waals surface area contributed by atoms with Crippen molar-refractivity contribution in [3.05, 3.63) is 41.1 Å². The topological polar surface area (TPSA) is 17.8 Å². The summed E-state index contributed by atoms with van der Waals surface area (Å²) in [5.74, 6) is 0. The fourth-order valence-electron chi connectivity index (χ4n) is 2.61. The Kier molecular flexibility index (Phi) is 2.66. The van der Waals surface area contributed by atoms with Gasteiger partial charge in [0.25, 0.3) is 0 Å². The number of aromatic nitrogens is 2. The second-order valence-corrected chi connectivity index (χ2v) is 4.87. The number of alkyl halides is 3. The summed E-state index contributed by atoms with van der Waals surface area (Å²) in [6.45, 7) is 0. The molecule has 5 heteroatoms. The Hall–Kier alpha value is -1.78. The minimum Gasteiger partial charge on any atom is -0.267 e. The number of aryl methyl sites for hydroxylation is 3. The van der Waals surface area contributed by atoms with Crippen LogP contribution in [0.5, 0.6) is 0 Å². The van der Waals surface area contributed by atoms with Crippen molar-refractivity contribution >= 4 is 0 Å². The summed E-state index contributed by atoms with van der Waals surface area (Å²) in [6, 6.07) is 6.98. The molecule has 1 aromatic heterocycles. The van der Waals surface area contributed by atoms with E-state index in [1.807, 2.05) is 18.2 Å². The van der Waals surface area contributed by atoms with Crippen molar-refractivity contribution in [1.82, 2.24) is 9.78 Å². The molecule has 0 fully saturated rings. The molecule has 1 heterocycles. The zero-order chi connectivity index (χ0) is 13.6. The van der Waals surface area contributed by atoms with E-state index in [1.165, 1.54) is 22.9 Å². The molecule has 0 N–H and O–H groups in total. The Balaban J connectivity index is 2.05. The van der Waals surface area contributed by atoms with E-state index in [9.17, 15) is 13.2 Å². The van der Waals surface area contributed by atoms with E-state index < -0.39 is 11.9 Å². The Morgan fingerprint density at radius 2 is 1.84 bits per heavy atom. The highest BCUT2D eigenvalue weighted by atomic mass is 19.4. The lowest BCUT2D eigenvalue weighted by atomic mass is 10.0. The third-order valence-electron chi connectivity index (χ3n) is 3.56. The van der Waals surface area contributed by atoms with Gasteiger partial charge in [0.2, 0.25) is 0 Å². The van der Waals surface area contributed by atoms with Gasteiger partial charge in [-0.05, 0) is 42.5 Å². The maximum absolute atomic E-state index is 12.6. The summed E-state index contributed by atoms with van der Waals surface area (Å²) in [4.78, 5) is 0. The molecule has 0 bridgehead atoms. The molecule has 2 nitrogen and oxygen atoms in total. The predicted molar refractivity (Wildman–Crippen MR) is 65.7 cm³/mol. The highest BCUT2D eigenvalue weighted by Gasteiger charge is 2.34. The highest BCUT2D eigenvalue weighted by Crippen LogP contribution is 2.33. The van der Waals surface area contributed by atoms with Crippen molar-refractivity contribution in [2.24, 2.45) is 7.05 Å². The van der Waals surface area contributed by atoms with Crippen LogP contribution in [0.1, 0.15) is 23.2 Å². The third kappa shape index (κ3) is 2.13. The summed E-state index contributed by atoms with van der Waals surface area (Å²) in [5.41, 5.74) is 3.01. The Bertz CT molecular complexity index is 626. The second kappa shape index (κ2) is 4.11. The van der Waals surface area contributed by atoms with Crippen LogP contribution in [0.15, 0.2) is 24.3 Å². The zero-order valence-corrected chi connectivity index (χ0v) is 10.5. The number of halogens is 3. The van der Waals surface area contributed by atoms with E-state index in [4.69, 9.17) is 0 Å². The number of hydrogen-bond acceptors (Lipinski definition) is 1. The van der Waals surface area contributed by atoms with Gasteiger partial charge in [-0.3, -0.25) is 4.68 Å². The molecule has 1 aliphatic rings. The van der Waals surface area contributed by atoms with E-state index in [2.05, 4.69) is 5.10 Å². The van der Waals surface area contributed by atoms with Crippen molar-refractivity contribution in [2.45, 2.75) is 25.4 Å². The summed E-state index contributed by atoms with van der Waals surface area (Å²) in [5, 5.41) is 3.54. The maximum Gasteiger partial charge on any atom is 0.435 e. The van der Waals surface area contributed by atoms with Crippen molar-refractivity contribution in [1.29, 1.82) is 0 Å². The van der Waals surface area contributed by atoms with Crippen LogP contribution < -0.4 is 0 Å². The maximum atomic E-state index is 12.6. The van der Waals surface area contributed by atoms with Crippen LogP contribution >= 0.6 is 0 Å². The normalized spacial score (nSPS) is 14.7. The van der Waals surface area contributed by atoms with Crippen molar-refractivity contribution in [2.75, 3.05) is 0 Å². The van der Waals surface area contributed by atoms with E-state index in [-0.39, 0.29) is 0 Å². The molecule has 0 atom stereocenters. The largest absolute Gasteiger partial charge is 0.435 e. The van der Waals surface area contributed by atoms with Gasteiger partial charge >= 0.3 is 6.18 Å². The minimum atomic E-state index is -4.40. The fourth-order valence-corrected chi connectivity index (χ4v) is 2.61. The molecule has 3 rings (SSSR count). The number of rotatable bonds is 1. The minimum absolute atomic E-state index is 0.502. The summed E-state index contributed by atoms with van der Waals surface area (Å²) in [6.07, 6.45) is -1.20. The van der Waals surface area contributed by atoms with Gasteiger partial charge in [-0.15, -0.1) is 0 Å². The molecule has 1 aromatic carbocycles. The monoisotopic (exact) mass is 266 g/mol. The molecule has 0 spiro atoms. The van der Waals surface area contributed by atoms with Crippen LogP contribution in [0, 0.1) is 0 Å². The van der Waals surface area contributed by atoms with E-state index >= 15 is 0 Å². The molecular weight excluding hydrogens is 253 g/mol. The smallest absolute Gasteiger partial charge is 0.267 e. The lowest BCUT2D eigenvalue weighted by Crippen LogP contribution is -2.06. The van der Waals surface area contributed by atoms with Gasteiger partial charge in [0.1, 0.15) is 0 Å². The third-order valence-corrected chi connectivity index (χ3v) is 3.56. The van der Waals surface area contributed by atoms with Crippen molar-refractivity contribution in [3.63, 3.8) is 0 Å². The Morgan fingerprint density at radius 1 is 1.11 bits per heavy atom. The molecule has 100 valence electrons. The molecule has 0 aliphatic heterocycles. The quantitative estimate of drug-likeness (QED) is 0.771. The van der Waals surface area contributed by atoms with Crippen LogP contribution in [0.2, 0.25) is 0 Å². The van der Waals surface area contributed by atoms with Gasteiger partial charge in [-0.1, -0.05) is 12.1 Å². The molecule has 2 aromatic rings. The molecule has 1 aliphatic carbocycles. The van der Waals surface area contributed by atoms with Gasteiger partial charge in [0, 0.05) is 12.6 Å². The van der Waals surface area contributed by atoms with Gasteiger partial charge in [0.05, 0.1) is 5.69 Å². The first kappa shape index (κ1) is 12.3. The molecule has 0 amide bonds. The van der Waals surface area contributed by atoms with Gasteiger partial charge in [-0.25, -0.2) is 0 Å². The van der Waals surface area contributed by atoms with Gasteiger partial charge in [-0.2, -0.15) is 18.3 Å². The van der Waals surface area contributed by atoms with Crippen LogP contribution in [-0.4, -0.2) is 9.78 Å². The van der Waals surface area contributed by atoms with Gasteiger partial charge < -0.3 is 0 Å². The first-order valence-electron chi connectivity index (χ1n) is 6.18. The zero-order valence-electron chi connectivity index (χ0n) is 10.5. The molecular formula is C14H13F3N2. The van der Waals surface area contributed by atoms with Gasteiger partial charge in [0.15, 0.2) is 5.69 Å². The second-order valence-electron chi connectivity index (χ2n) is 4.87. The van der Waals surface area contributed by atoms with Crippen LogP contribution in [0.25, 0.3) is 11.3 Å². The number of nitrogens with zero attached hydrogens (tertiary/aromatic N) is 2. The number of benzene rings is 1. The van der Waals surface area contributed by atoms with E-state index in [0.29, 0.717) is 5.69 Å². The predicted octanol–water partition coefficient (Wildman–Crippen LogP) is 3.59. The summed E-state index contributed by atoms with van der Waals surface area (Å²) >= 11 is 0. The van der Waals surface area contributed by atoms with E-state index in [1.54, 1.807) is 0 Å². The molecule has 19 heavy (non-hydrogen) atoms.